The Balaban J connectivity index is 2.15. The summed E-state index contributed by atoms with van der Waals surface area (Å²) < 4.78 is 0. The molecule has 19 heavy (non-hydrogen) atoms. The van der Waals surface area contributed by atoms with Gasteiger partial charge in [-0.1, -0.05) is 11.3 Å². The number of pyridine rings is 1. The van der Waals surface area contributed by atoms with Crippen LogP contribution in [0.25, 0.3) is 0 Å². The number of nitrogens with one attached hydrogen (secondary N) is 2. The Hall–Kier alpha value is -2.15. The first-order valence-corrected chi connectivity index (χ1v) is 6.65. The van der Waals surface area contributed by atoms with Crippen molar-refractivity contribution in [1.29, 1.82) is 0 Å². The van der Waals surface area contributed by atoms with Crippen LogP contribution in [0.2, 0.25) is 0 Å². The van der Waals surface area contributed by atoms with Gasteiger partial charge in [0.1, 0.15) is 10.7 Å². The van der Waals surface area contributed by atoms with Crippen LogP contribution in [-0.2, 0) is 0 Å². The monoisotopic (exact) mass is 277 g/mol. The summed E-state index contributed by atoms with van der Waals surface area (Å²) in [6.07, 6.45) is 3.31. The van der Waals surface area contributed by atoms with Crippen LogP contribution < -0.4 is 16.4 Å². The molecule has 0 saturated heterocycles. The molecule has 0 aliphatic rings. The van der Waals surface area contributed by atoms with Crippen molar-refractivity contribution in [3.05, 3.63) is 28.9 Å². The highest BCUT2D eigenvalue weighted by atomic mass is 32.1. The molecule has 2 aromatic rings. The number of nitrogens with two attached hydrogens (primary N) is 1. The molecule has 1 amide bonds. The molecule has 4 N–H and O–H groups in total. The van der Waals surface area contributed by atoms with Crippen molar-refractivity contribution in [2.45, 2.75) is 13.8 Å². The number of anilines is 3. The van der Waals surface area contributed by atoms with Gasteiger partial charge in [0.25, 0.3) is 5.91 Å². The van der Waals surface area contributed by atoms with Crippen LogP contribution in [-0.4, -0.2) is 22.4 Å². The number of carbonyl (C=O) groups is 1. The lowest BCUT2D eigenvalue weighted by Crippen LogP contribution is -2.12. The molecule has 7 heteroatoms. The highest BCUT2D eigenvalue weighted by Gasteiger charge is 2.16. The normalized spacial score (nSPS) is 10.2. The molecule has 0 aliphatic heterocycles. The number of nitrogen functional groups attached to an aromatic ring is 1. The predicted molar refractivity (Wildman–Crippen MR) is 77.6 cm³/mol. The van der Waals surface area contributed by atoms with E-state index in [0.29, 0.717) is 15.7 Å². The first-order chi connectivity index (χ1) is 9.10. The van der Waals surface area contributed by atoms with Crippen molar-refractivity contribution in [2.24, 2.45) is 0 Å². The van der Waals surface area contributed by atoms with Crippen LogP contribution in [0.3, 0.4) is 0 Å². The van der Waals surface area contributed by atoms with E-state index in [-0.39, 0.29) is 11.7 Å². The van der Waals surface area contributed by atoms with Crippen molar-refractivity contribution in [1.82, 2.24) is 9.97 Å². The van der Waals surface area contributed by atoms with E-state index in [1.165, 1.54) is 11.3 Å². The maximum Gasteiger partial charge on any atom is 0.269 e. The van der Waals surface area contributed by atoms with Gasteiger partial charge >= 0.3 is 0 Å². The van der Waals surface area contributed by atoms with E-state index in [1.807, 2.05) is 19.9 Å². The third-order valence-electron chi connectivity index (χ3n) is 2.32. The quantitative estimate of drug-likeness (QED) is 0.796. The molecule has 0 saturated carbocycles. The Morgan fingerprint density at radius 2 is 2.26 bits per heavy atom. The summed E-state index contributed by atoms with van der Waals surface area (Å²) in [5.41, 5.74) is 7.36. The van der Waals surface area contributed by atoms with Crippen molar-refractivity contribution in [3.63, 3.8) is 0 Å². The highest BCUT2D eigenvalue weighted by molar-refractivity contribution is 7.18. The van der Waals surface area contributed by atoms with Gasteiger partial charge in [-0.05, 0) is 25.5 Å². The van der Waals surface area contributed by atoms with Crippen molar-refractivity contribution in [2.75, 3.05) is 22.9 Å². The predicted octanol–water partition coefficient (Wildman–Crippen LogP) is 2.11. The van der Waals surface area contributed by atoms with Gasteiger partial charge in [-0.15, -0.1) is 0 Å². The number of carbonyl (C=O) groups excluding carboxylic acids is 1. The molecule has 0 unspecified atom stereocenters. The standard InChI is InChI=1S/C12H15N5OS/c1-3-15-12-17-10(13)9(19-12)11(18)16-8-4-7(2)5-14-6-8/h4-6H,3,13H2,1-2H3,(H,15,17)(H,16,18). The van der Waals surface area contributed by atoms with Crippen molar-refractivity contribution < 1.29 is 4.79 Å². The van der Waals surface area contributed by atoms with Crippen LogP contribution in [0.15, 0.2) is 18.5 Å². The Bertz CT molecular complexity index is 596. The van der Waals surface area contributed by atoms with Crippen molar-refractivity contribution >= 4 is 33.9 Å². The lowest BCUT2D eigenvalue weighted by Gasteiger charge is -2.03. The topological polar surface area (TPSA) is 92.9 Å². The fourth-order valence-corrected chi connectivity index (χ4v) is 2.38. The third kappa shape index (κ3) is 3.19. The Labute approximate surface area is 115 Å². The molecule has 6 nitrogen and oxygen atoms in total. The fraction of sp³-hybridized carbons (Fsp3) is 0.250. The van der Waals surface area contributed by atoms with Crippen molar-refractivity contribution in [3.8, 4) is 0 Å². The summed E-state index contributed by atoms with van der Waals surface area (Å²) in [6.45, 7) is 4.60. The number of aryl methyl sites for hydroxylation is 1. The van der Waals surface area contributed by atoms with E-state index in [1.54, 1.807) is 12.4 Å². The van der Waals surface area contributed by atoms with Crippen LogP contribution in [0.4, 0.5) is 16.6 Å². The first-order valence-electron chi connectivity index (χ1n) is 5.83. The molecule has 2 heterocycles. The van der Waals surface area contributed by atoms with Gasteiger partial charge in [0.15, 0.2) is 5.13 Å². The highest BCUT2D eigenvalue weighted by Crippen LogP contribution is 2.25. The molecule has 0 aromatic carbocycles. The van der Waals surface area contributed by atoms with E-state index in [9.17, 15) is 4.79 Å². The van der Waals surface area contributed by atoms with Gasteiger partial charge in [0.2, 0.25) is 0 Å². The third-order valence-corrected chi connectivity index (χ3v) is 3.35. The Morgan fingerprint density at radius 3 is 2.95 bits per heavy atom. The minimum absolute atomic E-state index is 0.235. The minimum atomic E-state index is -0.272. The summed E-state index contributed by atoms with van der Waals surface area (Å²) in [6, 6.07) is 1.84. The Morgan fingerprint density at radius 1 is 1.47 bits per heavy atom. The number of hydrogen-bond acceptors (Lipinski definition) is 6. The maximum absolute atomic E-state index is 12.1. The zero-order chi connectivity index (χ0) is 13.8. The number of hydrogen-bond donors (Lipinski definition) is 3. The average molecular weight is 277 g/mol. The lowest BCUT2D eigenvalue weighted by atomic mass is 10.3. The molecule has 0 radical (unpaired) electrons. The van der Waals surface area contributed by atoms with Gasteiger partial charge in [-0.25, -0.2) is 4.98 Å². The fourth-order valence-electron chi connectivity index (χ4n) is 1.53. The minimum Gasteiger partial charge on any atom is -0.382 e. The van der Waals surface area contributed by atoms with Gasteiger partial charge in [-0.3, -0.25) is 9.78 Å². The largest absolute Gasteiger partial charge is 0.382 e. The summed E-state index contributed by atoms with van der Waals surface area (Å²) in [4.78, 5) is 20.6. The van der Waals surface area contributed by atoms with Crippen LogP contribution in [0.5, 0.6) is 0 Å². The second kappa shape index (κ2) is 5.66. The SMILES string of the molecule is CCNc1nc(N)c(C(=O)Nc2cncc(C)c2)s1. The second-order valence-electron chi connectivity index (χ2n) is 3.97. The van der Waals surface area contributed by atoms with E-state index >= 15 is 0 Å². The van der Waals surface area contributed by atoms with E-state index < -0.39 is 0 Å². The number of amides is 1. The van der Waals surface area contributed by atoms with E-state index in [4.69, 9.17) is 5.73 Å². The molecule has 2 rings (SSSR count). The molecule has 0 aliphatic carbocycles. The number of thiazole rings is 1. The molecular weight excluding hydrogens is 262 g/mol. The van der Waals surface area contributed by atoms with Gasteiger partial charge in [0, 0.05) is 12.7 Å². The van der Waals surface area contributed by atoms with Crippen LogP contribution in [0.1, 0.15) is 22.2 Å². The molecule has 0 fully saturated rings. The number of rotatable bonds is 4. The van der Waals surface area contributed by atoms with E-state index in [2.05, 4.69) is 20.6 Å². The van der Waals surface area contributed by atoms with E-state index in [0.717, 1.165) is 12.1 Å². The molecule has 100 valence electrons. The average Bonchev–Trinajstić information content (AvgIpc) is 2.71. The maximum atomic E-state index is 12.1. The van der Waals surface area contributed by atoms with Gasteiger partial charge in [-0.2, -0.15) is 0 Å². The summed E-state index contributed by atoms with van der Waals surface area (Å²) in [7, 11) is 0. The second-order valence-corrected chi connectivity index (χ2v) is 4.97. The molecule has 0 atom stereocenters. The van der Waals surface area contributed by atoms with Gasteiger partial charge in [0.05, 0.1) is 11.9 Å². The van der Waals surface area contributed by atoms with Crippen LogP contribution in [0, 0.1) is 6.92 Å². The molecular formula is C12H15N5OS. The lowest BCUT2D eigenvalue weighted by molar-refractivity contribution is 0.103. The van der Waals surface area contributed by atoms with Gasteiger partial charge < -0.3 is 16.4 Å². The smallest absolute Gasteiger partial charge is 0.269 e. The first kappa shape index (κ1) is 13.3. The number of aromatic nitrogens is 2. The zero-order valence-corrected chi connectivity index (χ0v) is 11.5. The number of nitrogens with zero attached hydrogens (tertiary/aromatic N) is 2. The molecule has 2 aromatic heterocycles. The van der Waals surface area contributed by atoms with Crippen LogP contribution >= 0.6 is 11.3 Å². The molecule has 0 spiro atoms. The zero-order valence-electron chi connectivity index (χ0n) is 10.7. The Kier molecular flexibility index (Phi) is 3.96. The summed E-state index contributed by atoms with van der Waals surface area (Å²) in [5, 5.41) is 6.43. The molecule has 0 bridgehead atoms. The summed E-state index contributed by atoms with van der Waals surface area (Å²) in [5.74, 6) is -0.0365. The summed E-state index contributed by atoms with van der Waals surface area (Å²) >= 11 is 1.24.